The number of H-pyrrole nitrogens is 2. The average Bonchev–Trinajstić information content (AvgIpc) is 4.08. The monoisotopic (exact) mass is 821 g/mol. The molecule has 60 heavy (non-hydrogen) atoms. The molecule has 2 aliphatic heterocycles. The molecule has 2 aromatic heterocycles. The first-order chi connectivity index (χ1) is 28.9. The molecular formula is C44H51N7O9. The minimum Gasteiger partial charge on any atom is -0.453 e. The maximum Gasteiger partial charge on any atom is 0.407 e. The van der Waals surface area contributed by atoms with Crippen LogP contribution in [0.25, 0.3) is 43.9 Å². The molecule has 0 saturated carbocycles. The lowest BCUT2D eigenvalue weighted by Crippen LogP contribution is -2.54. The summed E-state index contributed by atoms with van der Waals surface area (Å²) in [5, 5.41) is 8.52. The van der Waals surface area contributed by atoms with Gasteiger partial charge in [-0.1, -0.05) is 36.4 Å². The molecule has 5 aromatic rings. The third-order valence-corrected chi connectivity index (χ3v) is 11.8. The van der Waals surface area contributed by atoms with Crippen LogP contribution in [0.5, 0.6) is 0 Å². The first kappa shape index (κ1) is 41.9. The molecule has 0 spiro atoms. The van der Waals surface area contributed by atoms with Crippen molar-refractivity contribution < 1.29 is 38.1 Å². The molecular weight excluding hydrogens is 771 g/mol. The largest absolute Gasteiger partial charge is 0.453 e. The highest BCUT2D eigenvalue weighted by molar-refractivity contribution is 5.93. The third kappa shape index (κ3) is 8.43. The molecule has 4 N–H and O–H groups in total. The van der Waals surface area contributed by atoms with E-state index >= 15 is 0 Å². The number of ether oxygens (including phenoxy) is 4. The number of hydrogen-bond acceptors (Lipinski definition) is 10. The second-order valence-corrected chi connectivity index (χ2v) is 15.3. The number of carbonyl (C=O) groups excluding carboxylic acids is 4. The molecule has 7 rings (SSSR count). The molecule has 0 radical (unpaired) electrons. The van der Waals surface area contributed by atoms with E-state index in [-0.39, 0.29) is 29.5 Å². The maximum absolute atomic E-state index is 13.7. The van der Waals surface area contributed by atoms with E-state index in [1.165, 1.54) is 28.4 Å². The molecule has 16 nitrogen and oxygen atoms in total. The minimum absolute atomic E-state index is 0.255. The van der Waals surface area contributed by atoms with Crippen LogP contribution in [0.3, 0.4) is 0 Å². The molecule has 3 aromatic carbocycles. The third-order valence-electron chi connectivity index (χ3n) is 11.8. The fourth-order valence-corrected chi connectivity index (χ4v) is 8.31. The highest BCUT2D eigenvalue weighted by Gasteiger charge is 2.40. The van der Waals surface area contributed by atoms with Crippen molar-refractivity contribution >= 4 is 45.5 Å². The number of alkyl carbamates (subject to hydrolysis) is 2. The minimum atomic E-state index is -0.958. The van der Waals surface area contributed by atoms with Crippen molar-refractivity contribution in [1.29, 1.82) is 0 Å². The summed E-state index contributed by atoms with van der Waals surface area (Å²) in [7, 11) is 5.45. The van der Waals surface area contributed by atoms with E-state index in [1.807, 2.05) is 48.5 Å². The van der Waals surface area contributed by atoms with Gasteiger partial charge < -0.3 is 49.3 Å². The van der Waals surface area contributed by atoms with E-state index in [2.05, 4.69) is 37.7 Å². The van der Waals surface area contributed by atoms with Crippen molar-refractivity contribution in [1.82, 2.24) is 35.4 Å². The fourth-order valence-electron chi connectivity index (χ4n) is 8.31. The summed E-state index contributed by atoms with van der Waals surface area (Å²) in [4.78, 5) is 79.7. The Morgan fingerprint density at radius 2 is 1.20 bits per heavy atom. The predicted octanol–water partition coefficient (Wildman–Crippen LogP) is 5.58. The number of rotatable bonds is 12. The van der Waals surface area contributed by atoms with Crippen molar-refractivity contribution in [2.45, 2.75) is 75.9 Å². The van der Waals surface area contributed by atoms with Crippen molar-refractivity contribution in [2.24, 2.45) is 0 Å². The maximum atomic E-state index is 13.7. The number of likely N-dealkylation sites (tertiary alicyclic amines) is 2. The number of imidazole rings is 1. The Kier molecular flexibility index (Phi) is 12.5. The number of nitrogens with zero attached hydrogens (tertiary/aromatic N) is 3. The summed E-state index contributed by atoms with van der Waals surface area (Å²) in [5.41, 5.74) is 3.95. The van der Waals surface area contributed by atoms with Gasteiger partial charge in [-0.2, -0.15) is 0 Å². The number of hydrogen-bond donors (Lipinski definition) is 4. The van der Waals surface area contributed by atoms with Gasteiger partial charge in [0.15, 0.2) is 0 Å². The molecule has 316 valence electrons. The number of amides is 4. The van der Waals surface area contributed by atoms with E-state index < -0.39 is 36.5 Å². The van der Waals surface area contributed by atoms with Gasteiger partial charge in [0.25, 0.3) is 5.56 Å². The normalized spacial score (nSPS) is 18.6. The van der Waals surface area contributed by atoms with Crippen LogP contribution in [0.4, 0.5) is 9.59 Å². The van der Waals surface area contributed by atoms with Crippen molar-refractivity contribution in [2.75, 3.05) is 41.5 Å². The lowest BCUT2D eigenvalue weighted by atomic mass is 9.97. The molecule has 2 aliphatic rings. The van der Waals surface area contributed by atoms with Gasteiger partial charge in [-0.15, -0.1) is 0 Å². The highest BCUT2D eigenvalue weighted by atomic mass is 16.5. The summed E-state index contributed by atoms with van der Waals surface area (Å²) in [6.07, 6.45) is 2.07. The summed E-state index contributed by atoms with van der Waals surface area (Å²) in [6.45, 7) is 4.43. The highest BCUT2D eigenvalue weighted by Crippen LogP contribution is 2.35. The number of aromatic nitrogens is 3. The Morgan fingerprint density at radius 1 is 0.683 bits per heavy atom. The van der Waals surface area contributed by atoms with Crippen LogP contribution in [0, 0.1) is 0 Å². The van der Waals surface area contributed by atoms with Crippen LogP contribution in [0.15, 0.2) is 71.7 Å². The number of methoxy groups -OCH3 is 4. The molecule has 4 heterocycles. The number of carbonyl (C=O) groups is 4. The number of nitrogens with one attached hydrogen (secondary N) is 4. The predicted molar refractivity (Wildman–Crippen MR) is 224 cm³/mol. The van der Waals surface area contributed by atoms with Gasteiger partial charge in [-0.3, -0.25) is 14.4 Å². The van der Waals surface area contributed by atoms with Crippen molar-refractivity contribution in [3.05, 3.63) is 88.7 Å². The molecule has 2 saturated heterocycles. The van der Waals surface area contributed by atoms with Gasteiger partial charge in [-0.25, -0.2) is 14.6 Å². The van der Waals surface area contributed by atoms with E-state index in [0.717, 1.165) is 57.8 Å². The molecule has 1 unspecified atom stereocenters. The van der Waals surface area contributed by atoms with Gasteiger partial charge >= 0.3 is 12.2 Å². The smallest absolute Gasteiger partial charge is 0.407 e. The van der Waals surface area contributed by atoms with Crippen LogP contribution in [-0.2, 0) is 28.5 Å². The Labute approximate surface area is 346 Å². The van der Waals surface area contributed by atoms with Crippen molar-refractivity contribution in [3.63, 3.8) is 0 Å². The van der Waals surface area contributed by atoms with Gasteiger partial charge in [0.2, 0.25) is 11.8 Å². The van der Waals surface area contributed by atoms with Crippen LogP contribution >= 0.6 is 0 Å². The number of aromatic amines is 2. The fraction of sp³-hybridized carbons (Fsp3) is 0.409. The molecule has 16 heteroatoms. The Hall–Kier alpha value is -6.26. The Bertz CT molecular complexity index is 2470. The van der Waals surface area contributed by atoms with Gasteiger partial charge in [0.1, 0.15) is 17.9 Å². The summed E-state index contributed by atoms with van der Waals surface area (Å²) in [6, 6.07) is 17.5. The van der Waals surface area contributed by atoms with E-state index in [4.69, 9.17) is 18.9 Å². The summed E-state index contributed by atoms with van der Waals surface area (Å²) >= 11 is 0. The van der Waals surface area contributed by atoms with Crippen LogP contribution in [0.2, 0.25) is 0 Å². The van der Waals surface area contributed by atoms with Crippen LogP contribution in [0.1, 0.15) is 63.1 Å². The zero-order chi connectivity index (χ0) is 42.7. The van der Waals surface area contributed by atoms with Gasteiger partial charge in [0, 0.05) is 44.0 Å². The quantitative estimate of drug-likeness (QED) is 0.123. The lowest BCUT2D eigenvalue weighted by Gasteiger charge is -2.31. The Morgan fingerprint density at radius 3 is 1.78 bits per heavy atom. The lowest BCUT2D eigenvalue weighted by molar-refractivity contribution is -0.138. The number of benzene rings is 3. The van der Waals surface area contributed by atoms with Gasteiger partial charge in [-0.05, 0) is 91.1 Å². The Balaban J connectivity index is 1.08. The number of fused-ring (bicyclic) bond motifs is 2. The molecule has 0 aliphatic carbocycles. The molecule has 4 amide bonds. The van der Waals surface area contributed by atoms with E-state index in [9.17, 15) is 24.0 Å². The first-order valence-corrected chi connectivity index (χ1v) is 20.1. The topological polar surface area (TPSA) is 197 Å². The second-order valence-electron chi connectivity index (χ2n) is 15.3. The molecule has 0 bridgehead atoms. The average molecular weight is 822 g/mol. The van der Waals surface area contributed by atoms with E-state index in [0.29, 0.717) is 36.4 Å². The van der Waals surface area contributed by atoms with Crippen molar-refractivity contribution in [3.8, 4) is 22.4 Å². The standard InChI is InChI=1S/C44H51N7O9/c1-24(57-3)37(48-43(55)59-5)41(53)50-17-7-9-35(50)33-22-30-15-13-29(21-32(30)40(52)47-33)27-11-12-28-20-31(16-14-26(28)19-27)34-23-45-39(46-34)36-10-8-18-51(36)42(54)38(25(2)58-4)49-44(56)60-6/h11-16,19-25,35-38H,7-10,17-18H2,1-6H3,(H,45,46)(H,47,52)(H,48,55)(H,49,56)/t24-,25-,35?,36+,37+,38+/m1/s1. The summed E-state index contributed by atoms with van der Waals surface area (Å²) < 4.78 is 20.3. The first-order valence-electron chi connectivity index (χ1n) is 20.1. The van der Waals surface area contributed by atoms with Crippen LogP contribution in [-0.4, -0.2) is 115 Å². The van der Waals surface area contributed by atoms with Gasteiger partial charge in [0.05, 0.1) is 50.4 Å². The van der Waals surface area contributed by atoms with E-state index in [1.54, 1.807) is 29.8 Å². The zero-order valence-corrected chi connectivity index (χ0v) is 34.6. The molecule has 6 atom stereocenters. The second kappa shape index (κ2) is 17.9. The SMILES string of the molecule is COC(=O)N[C@H](C(=O)N1CCCC1c1cc2ccc(-c3ccc4cc(-c5cnc([C@@H]6CCCN6C(=O)[C@@H](NC(=O)OC)[C@@H](C)OC)[nH]5)ccc4c3)cc2c(=O)[nH]1)[C@@H](C)OC. The summed E-state index contributed by atoms with van der Waals surface area (Å²) in [5.74, 6) is 0.0914. The number of pyridine rings is 1. The van der Waals surface area contributed by atoms with Crippen LogP contribution < -0.4 is 16.2 Å². The molecule has 2 fully saturated rings. The zero-order valence-electron chi connectivity index (χ0n) is 34.6.